The van der Waals surface area contributed by atoms with Gasteiger partial charge in [-0.1, -0.05) is 60.7 Å². The van der Waals surface area contributed by atoms with Gasteiger partial charge in [-0.05, 0) is 60.2 Å². The zero-order chi connectivity index (χ0) is 24.9. The van der Waals surface area contributed by atoms with Crippen molar-refractivity contribution in [2.24, 2.45) is 0 Å². The van der Waals surface area contributed by atoms with Crippen LogP contribution >= 0.6 is 0 Å². The van der Waals surface area contributed by atoms with E-state index in [0.717, 1.165) is 10.9 Å². The molecule has 1 aromatic heterocycles. The zero-order valence-corrected chi connectivity index (χ0v) is 19.3. The van der Waals surface area contributed by atoms with Crippen molar-refractivity contribution in [2.45, 2.75) is 6.67 Å². The molecule has 1 heterocycles. The lowest BCUT2D eigenvalue weighted by atomic mass is 10.1. The van der Waals surface area contributed by atoms with Crippen LogP contribution in [0.3, 0.4) is 0 Å². The monoisotopic (exact) mass is 475 g/mol. The van der Waals surface area contributed by atoms with E-state index in [-0.39, 0.29) is 11.5 Å². The van der Waals surface area contributed by atoms with Gasteiger partial charge < -0.3 is 5.32 Å². The van der Waals surface area contributed by atoms with Gasteiger partial charge in [-0.25, -0.2) is 9.37 Å². The maximum absolute atomic E-state index is 13.8. The second kappa shape index (κ2) is 10.2. The molecule has 0 aliphatic carbocycles. The highest BCUT2D eigenvalue weighted by Gasteiger charge is 2.22. The zero-order valence-electron chi connectivity index (χ0n) is 19.3. The highest BCUT2D eigenvalue weighted by atomic mass is 19.1. The number of carbonyl (C=O) groups is 2. The van der Waals surface area contributed by atoms with Gasteiger partial charge in [0.25, 0.3) is 11.8 Å². The molecular formula is C30H22FN3O2. The third-order valence-corrected chi connectivity index (χ3v) is 5.80. The van der Waals surface area contributed by atoms with Gasteiger partial charge in [0.2, 0.25) is 0 Å². The number of aromatic nitrogens is 1. The molecule has 0 saturated carbocycles. The van der Waals surface area contributed by atoms with E-state index >= 15 is 0 Å². The number of halogens is 1. The molecule has 0 aliphatic rings. The SMILES string of the molecule is O=C(Nc1cccc(C(=O)N(c2ccccc2)c2ccc3ccccc3n2)c1)c1ccccc1CF. The summed E-state index contributed by atoms with van der Waals surface area (Å²) in [7, 11) is 0. The smallest absolute Gasteiger partial charge is 0.264 e. The lowest BCUT2D eigenvalue weighted by Crippen LogP contribution is -2.27. The largest absolute Gasteiger partial charge is 0.322 e. The molecule has 0 unspecified atom stereocenters. The van der Waals surface area contributed by atoms with Crippen LogP contribution in [-0.2, 0) is 6.67 Å². The Morgan fingerprint density at radius 3 is 2.36 bits per heavy atom. The summed E-state index contributed by atoms with van der Waals surface area (Å²) in [5.74, 6) is -0.260. The highest BCUT2D eigenvalue weighted by molar-refractivity contribution is 6.12. The minimum atomic E-state index is -0.743. The van der Waals surface area contributed by atoms with Crippen LogP contribution in [-0.4, -0.2) is 16.8 Å². The molecule has 5 rings (SSSR count). The number of anilines is 3. The van der Waals surface area contributed by atoms with E-state index in [9.17, 15) is 14.0 Å². The molecule has 6 heteroatoms. The minimum absolute atomic E-state index is 0.253. The summed E-state index contributed by atoms with van der Waals surface area (Å²) < 4.78 is 13.3. The van der Waals surface area contributed by atoms with Crippen LogP contribution in [0.4, 0.5) is 21.6 Å². The first-order chi connectivity index (χ1) is 17.6. The van der Waals surface area contributed by atoms with Crippen molar-refractivity contribution in [1.82, 2.24) is 4.98 Å². The molecule has 0 saturated heterocycles. The second-order valence-corrected chi connectivity index (χ2v) is 8.16. The number of nitrogens with zero attached hydrogens (tertiary/aromatic N) is 2. The second-order valence-electron chi connectivity index (χ2n) is 8.16. The molecule has 0 spiro atoms. The maximum Gasteiger partial charge on any atom is 0.264 e. The van der Waals surface area contributed by atoms with E-state index in [1.54, 1.807) is 53.4 Å². The third kappa shape index (κ3) is 4.70. The molecule has 0 fully saturated rings. The standard InChI is InChI=1S/C30H22FN3O2/c31-20-23-10-4-6-15-26(23)29(35)32-24-12-8-11-22(19-24)30(36)34(25-13-2-1-3-14-25)28-18-17-21-9-5-7-16-27(21)33-28/h1-19H,20H2,(H,32,35). The third-order valence-electron chi connectivity index (χ3n) is 5.80. The first-order valence-electron chi connectivity index (χ1n) is 11.4. The molecule has 2 amide bonds. The average molecular weight is 476 g/mol. The molecule has 4 aromatic carbocycles. The van der Waals surface area contributed by atoms with E-state index < -0.39 is 12.6 Å². The summed E-state index contributed by atoms with van der Waals surface area (Å²) >= 11 is 0. The van der Waals surface area contributed by atoms with Gasteiger partial charge >= 0.3 is 0 Å². The van der Waals surface area contributed by atoms with E-state index in [0.29, 0.717) is 28.3 Å². The Morgan fingerprint density at radius 1 is 0.778 bits per heavy atom. The van der Waals surface area contributed by atoms with Gasteiger partial charge in [0.1, 0.15) is 12.5 Å². The fraction of sp³-hybridized carbons (Fsp3) is 0.0333. The number of nitrogens with one attached hydrogen (secondary N) is 1. The summed E-state index contributed by atoms with van der Waals surface area (Å²) in [6.45, 7) is -0.743. The van der Waals surface area contributed by atoms with Crippen molar-refractivity contribution in [3.8, 4) is 0 Å². The van der Waals surface area contributed by atoms with Gasteiger partial charge in [0.15, 0.2) is 0 Å². The van der Waals surface area contributed by atoms with Gasteiger partial charge in [-0.3, -0.25) is 14.5 Å². The van der Waals surface area contributed by atoms with Crippen molar-refractivity contribution >= 4 is 39.9 Å². The molecule has 0 bridgehead atoms. The number of carbonyl (C=O) groups excluding carboxylic acids is 2. The van der Waals surface area contributed by atoms with Crippen molar-refractivity contribution < 1.29 is 14.0 Å². The number of alkyl halides is 1. The lowest BCUT2D eigenvalue weighted by Gasteiger charge is -2.22. The van der Waals surface area contributed by atoms with Gasteiger partial charge in [0.05, 0.1) is 11.2 Å². The summed E-state index contributed by atoms with van der Waals surface area (Å²) in [6.07, 6.45) is 0. The number of hydrogen-bond donors (Lipinski definition) is 1. The Labute approximate surface area is 207 Å². The number of amides is 2. The number of pyridine rings is 1. The highest BCUT2D eigenvalue weighted by Crippen LogP contribution is 2.28. The average Bonchev–Trinajstić information content (AvgIpc) is 2.93. The topological polar surface area (TPSA) is 62.3 Å². The normalized spacial score (nSPS) is 10.7. The van der Waals surface area contributed by atoms with Gasteiger partial charge in [-0.2, -0.15) is 0 Å². The maximum atomic E-state index is 13.8. The fourth-order valence-electron chi connectivity index (χ4n) is 4.03. The molecule has 5 nitrogen and oxygen atoms in total. The quantitative estimate of drug-likeness (QED) is 0.289. The molecule has 176 valence electrons. The first-order valence-corrected chi connectivity index (χ1v) is 11.4. The van der Waals surface area contributed by atoms with Crippen molar-refractivity contribution in [3.63, 3.8) is 0 Å². The molecule has 1 N–H and O–H groups in total. The molecule has 0 aliphatic heterocycles. The molecule has 5 aromatic rings. The van der Waals surface area contributed by atoms with Crippen LogP contribution in [0.15, 0.2) is 115 Å². The number of rotatable bonds is 6. The molecule has 36 heavy (non-hydrogen) atoms. The predicted octanol–water partition coefficient (Wildman–Crippen LogP) is 6.94. The Kier molecular flexibility index (Phi) is 6.49. The van der Waals surface area contributed by atoms with E-state index in [1.165, 1.54) is 0 Å². The Bertz CT molecular complexity index is 1550. The summed E-state index contributed by atoms with van der Waals surface area (Å²) in [6, 6.07) is 33.9. The van der Waals surface area contributed by atoms with E-state index in [2.05, 4.69) is 5.32 Å². The van der Waals surface area contributed by atoms with Crippen LogP contribution in [0.25, 0.3) is 10.9 Å². The number of hydrogen-bond acceptors (Lipinski definition) is 3. The molecule has 0 atom stereocenters. The predicted molar refractivity (Wildman–Crippen MR) is 140 cm³/mol. The molecule has 0 radical (unpaired) electrons. The van der Waals surface area contributed by atoms with Crippen LogP contribution in [0.2, 0.25) is 0 Å². The van der Waals surface area contributed by atoms with Crippen molar-refractivity contribution in [2.75, 3.05) is 10.2 Å². The van der Waals surface area contributed by atoms with E-state index in [4.69, 9.17) is 4.98 Å². The van der Waals surface area contributed by atoms with Crippen LogP contribution in [0.5, 0.6) is 0 Å². The fourth-order valence-corrected chi connectivity index (χ4v) is 4.03. The summed E-state index contributed by atoms with van der Waals surface area (Å²) in [5, 5.41) is 3.75. The minimum Gasteiger partial charge on any atom is -0.322 e. The van der Waals surface area contributed by atoms with E-state index in [1.807, 2.05) is 66.7 Å². The summed E-state index contributed by atoms with van der Waals surface area (Å²) in [5.41, 5.74) is 2.79. The number of fused-ring (bicyclic) bond motifs is 1. The Hall–Kier alpha value is -4.84. The Morgan fingerprint density at radius 2 is 1.53 bits per heavy atom. The van der Waals surface area contributed by atoms with Crippen molar-refractivity contribution in [1.29, 1.82) is 0 Å². The van der Waals surface area contributed by atoms with Crippen LogP contribution < -0.4 is 10.2 Å². The van der Waals surface area contributed by atoms with Crippen LogP contribution in [0, 0.1) is 0 Å². The lowest BCUT2D eigenvalue weighted by molar-refractivity contribution is 0.0994. The van der Waals surface area contributed by atoms with Gasteiger partial charge in [0, 0.05) is 22.2 Å². The number of benzene rings is 4. The van der Waals surface area contributed by atoms with Gasteiger partial charge in [-0.15, -0.1) is 0 Å². The Balaban J connectivity index is 1.49. The summed E-state index contributed by atoms with van der Waals surface area (Å²) in [4.78, 5) is 32.9. The number of para-hydroxylation sites is 2. The van der Waals surface area contributed by atoms with Crippen LogP contribution in [0.1, 0.15) is 26.3 Å². The first kappa shape index (κ1) is 22.9. The molecular weight excluding hydrogens is 453 g/mol. The van der Waals surface area contributed by atoms with Crippen molar-refractivity contribution in [3.05, 3.63) is 132 Å².